The van der Waals surface area contributed by atoms with Crippen LogP contribution in [0.5, 0.6) is 0 Å². The van der Waals surface area contributed by atoms with E-state index >= 15 is 0 Å². The number of aryl methyl sites for hydroxylation is 2. The Kier molecular flexibility index (Phi) is 11.2. The zero-order valence-corrected chi connectivity index (χ0v) is 22.6. The van der Waals surface area contributed by atoms with E-state index in [9.17, 15) is 4.79 Å². The minimum atomic E-state index is 0. The topological polar surface area (TPSA) is 69.0 Å². The number of piperidine rings is 1. The summed E-state index contributed by atoms with van der Waals surface area (Å²) < 4.78 is 2.19. The number of rotatable bonds is 7. The Morgan fingerprint density at radius 3 is 2.41 bits per heavy atom. The number of guanidine groups is 1. The molecule has 2 saturated heterocycles. The zero-order chi connectivity index (χ0) is 22.2. The molecule has 8 nitrogen and oxygen atoms in total. The van der Waals surface area contributed by atoms with Crippen LogP contribution in [-0.4, -0.2) is 95.5 Å². The van der Waals surface area contributed by atoms with Gasteiger partial charge in [0.05, 0.1) is 6.54 Å². The van der Waals surface area contributed by atoms with Gasteiger partial charge in [-0.2, -0.15) is 0 Å². The van der Waals surface area contributed by atoms with Crippen LogP contribution in [0.25, 0.3) is 0 Å². The SMILES string of the molecule is CN=C(NCCCCn1ccnc1C)N1CCN(CC(=O)N2CC(C)CC(C)C2)CC1.I. The first kappa shape index (κ1) is 26.9. The molecular weight excluding hydrogens is 517 g/mol. The number of carbonyl (C=O) groups excluding carboxylic acids is 1. The molecule has 182 valence electrons. The summed E-state index contributed by atoms with van der Waals surface area (Å²) >= 11 is 0. The fraction of sp³-hybridized carbons (Fsp3) is 0.783. The molecule has 3 heterocycles. The number of amides is 1. The Labute approximate surface area is 210 Å². The molecule has 1 aromatic heterocycles. The summed E-state index contributed by atoms with van der Waals surface area (Å²) in [7, 11) is 1.85. The Morgan fingerprint density at radius 2 is 1.81 bits per heavy atom. The maximum Gasteiger partial charge on any atom is 0.236 e. The largest absolute Gasteiger partial charge is 0.356 e. The molecule has 1 N–H and O–H groups in total. The Bertz CT molecular complexity index is 720. The van der Waals surface area contributed by atoms with Gasteiger partial charge in [-0.15, -0.1) is 24.0 Å². The quantitative estimate of drug-likeness (QED) is 0.241. The minimum Gasteiger partial charge on any atom is -0.356 e. The Morgan fingerprint density at radius 1 is 1.12 bits per heavy atom. The second-order valence-electron chi connectivity index (χ2n) is 9.36. The number of carbonyl (C=O) groups is 1. The molecule has 2 atom stereocenters. The number of hydrogen-bond acceptors (Lipinski definition) is 4. The van der Waals surface area contributed by atoms with Crippen molar-refractivity contribution in [3.05, 3.63) is 18.2 Å². The van der Waals surface area contributed by atoms with Crippen molar-refractivity contribution >= 4 is 35.8 Å². The van der Waals surface area contributed by atoms with Crippen molar-refractivity contribution < 1.29 is 4.79 Å². The standard InChI is InChI=1S/C23H41N7O.HI/c1-19-15-20(2)17-30(16-19)22(31)18-27-11-13-29(14-12-27)23(24-4)26-7-5-6-9-28-10-8-25-21(28)3;/h8,10,19-20H,5-7,9,11-18H2,1-4H3,(H,24,26);1H. The average Bonchev–Trinajstić information content (AvgIpc) is 3.15. The molecule has 0 bridgehead atoms. The smallest absolute Gasteiger partial charge is 0.236 e. The molecule has 2 aliphatic heterocycles. The Hall–Kier alpha value is -1.36. The average molecular weight is 560 g/mol. The van der Waals surface area contributed by atoms with Gasteiger partial charge in [0, 0.05) is 71.8 Å². The van der Waals surface area contributed by atoms with Crippen LogP contribution < -0.4 is 5.32 Å². The summed E-state index contributed by atoms with van der Waals surface area (Å²) in [6.07, 6.45) is 7.34. The van der Waals surface area contributed by atoms with E-state index in [1.165, 1.54) is 6.42 Å². The number of aliphatic imine (C=N–C) groups is 1. The lowest BCUT2D eigenvalue weighted by Gasteiger charge is -2.39. The molecular formula is C23H42IN7O. The molecule has 0 aliphatic carbocycles. The number of nitrogens with one attached hydrogen (secondary N) is 1. The lowest BCUT2D eigenvalue weighted by molar-refractivity contribution is -0.135. The van der Waals surface area contributed by atoms with Gasteiger partial charge in [-0.25, -0.2) is 4.98 Å². The molecule has 0 saturated carbocycles. The molecule has 1 aromatic rings. The van der Waals surface area contributed by atoms with Crippen molar-refractivity contribution in [3.8, 4) is 0 Å². The van der Waals surface area contributed by atoms with Crippen molar-refractivity contribution in [2.24, 2.45) is 16.8 Å². The molecule has 2 unspecified atom stereocenters. The predicted molar refractivity (Wildman–Crippen MR) is 141 cm³/mol. The summed E-state index contributed by atoms with van der Waals surface area (Å²) in [5.41, 5.74) is 0. The van der Waals surface area contributed by atoms with Crippen molar-refractivity contribution in [1.82, 2.24) is 29.6 Å². The van der Waals surface area contributed by atoms with Gasteiger partial charge in [-0.3, -0.25) is 14.7 Å². The lowest BCUT2D eigenvalue weighted by atomic mass is 9.92. The maximum absolute atomic E-state index is 12.8. The van der Waals surface area contributed by atoms with Gasteiger partial charge in [0.25, 0.3) is 0 Å². The number of unbranched alkanes of at least 4 members (excludes halogenated alkanes) is 1. The highest BCUT2D eigenvalue weighted by atomic mass is 127. The third-order valence-electron chi connectivity index (χ3n) is 6.50. The monoisotopic (exact) mass is 559 g/mol. The fourth-order valence-electron chi connectivity index (χ4n) is 4.86. The van der Waals surface area contributed by atoms with E-state index in [-0.39, 0.29) is 24.0 Å². The van der Waals surface area contributed by atoms with Crippen molar-refractivity contribution in [1.29, 1.82) is 0 Å². The van der Waals surface area contributed by atoms with E-state index in [0.717, 1.165) is 77.0 Å². The first-order chi connectivity index (χ1) is 15.0. The first-order valence-corrected chi connectivity index (χ1v) is 11.9. The van der Waals surface area contributed by atoms with E-state index in [0.29, 0.717) is 24.3 Å². The molecule has 3 rings (SSSR count). The molecule has 0 aromatic carbocycles. The number of likely N-dealkylation sites (tertiary alicyclic amines) is 1. The molecule has 9 heteroatoms. The van der Waals surface area contributed by atoms with E-state index < -0.39 is 0 Å². The highest BCUT2D eigenvalue weighted by Gasteiger charge is 2.27. The Balaban J connectivity index is 0.00000363. The third kappa shape index (κ3) is 7.90. The molecule has 2 fully saturated rings. The fourth-order valence-corrected chi connectivity index (χ4v) is 4.86. The van der Waals surface area contributed by atoms with Crippen LogP contribution in [0.3, 0.4) is 0 Å². The molecule has 32 heavy (non-hydrogen) atoms. The van der Waals surface area contributed by atoms with Crippen LogP contribution in [0.4, 0.5) is 0 Å². The molecule has 0 radical (unpaired) electrons. The van der Waals surface area contributed by atoms with Gasteiger partial charge in [0.15, 0.2) is 5.96 Å². The van der Waals surface area contributed by atoms with Gasteiger partial charge >= 0.3 is 0 Å². The summed E-state index contributed by atoms with van der Waals surface area (Å²) in [5, 5.41) is 3.51. The summed E-state index contributed by atoms with van der Waals surface area (Å²) in [6, 6.07) is 0. The number of halogens is 1. The second kappa shape index (κ2) is 13.4. The van der Waals surface area contributed by atoms with E-state index in [1.807, 2.05) is 26.4 Å². The summed E-state index contributed by atoms with van der Waals surface area (Å²) in [4.78, 5) is 28.2. The van der Waals surface area contributed by atoms with Gasteiger partial charge < -0.3 is 19.7 Å². The van der Waals surface area contributed by atoms with Crippen molar-refractivity contribution in [2.45, 2.75) is 46.6 Å². The lowest BCUT2D eigenvalue weighted by Crippen LogP contribution is -2.55. The second-order valence-corrected chi connectivity index (χ2v) is 9.36. The van der Waals surface area contributed by atoms with Crippen molar-refractivity contribution in [2.75, 3.05) is 59.4 Å². The summed E-state index contributed by atoms with van der Waals surface area (Å²) in [6.45, 7) is 14.5. The molecule has 2 aliphatic rings. The van der Waals surface area contributed by atoms with Crippen LogP contribution in [-0.2, 0) is 11.3 Å². The van der Waals surface area contributed by atoms with Gasteiger partial charge in [-0.1, -0.05) is 13.8 Å². The highest BCUT2D eigenvalue weighted by Crippen LogP contribution is 2.21. The van der Waals surface area contributed by atoms with Gasteiger partial charge in [0.2, 0.25) is 5.91 Å². The minimum absolute atomic E-state index is 0. The van der Waals surface area contributed by atoms with E-state index in [4.69, 9.17) is 0 Å². The highest BCUT2D eigenvalue weighted by molar-refractivity contribution is 14.0. The van der Waals surface area contributed by atoms with Crippen LogP contribution in [0.1, 0.15) is 38.9 Å². The number of hydrogen-bond donors (Lipinski definition) is 1. The van der Waals surface area contributed by atoms with Crippen LogP contribution in [0.2, 0.25) is 0 Å². The number of nitrogens with zero attached hydrogens (tertiary/aromatic N) is 6. The van der Waals surface area contributed by atoms with Crippen molar-refractivity contribution in [3.63, 3.8) is 0 Å². The molecule has 0 spiro atoms. The third-order valence-corrected chi connectivity index (χ3v) is 6.50. The normalized spacial score (nSPS) is 22.6. The van der Waals surface area contributed by atoms with Gasteiger partial charge in [0.1, 0.15) is 5.82 Å². The molecule has 1 amide bonds. The maximum atomic E-state index is 12.8. The van der Waals surface area contributed by atoms with E-state index in [2.05, 4.69) is 48.4 Å². The van der Waals surface area contributed by atoms with Crippen LogP contribution >= 0.6 is 24.0 Å². The number of imidazole rings is 1. The predicted octanol–water partition coefficient (Wildman–Crippen LogP) is 2.29. The van der Waals surface area contributed by atoms with Gasteiger partial charge in [-0.05, 0) is 38.0 Å². The number of piperazine rings is 1. The zero-order valence-electron chi connectivity index (χ0n) is 20.3. The number of aromatic nitrogens is 2. The first-order valence-electron chi connectivity index (χ1n) is 11.9. The summed E-state index contributed by atoms with van der Waals surface area (Å²) in [5.74, 6) is 3.57. The van der Waals surface area contributed by atoms with Crippen LogP contribution in [0.15, 0.2) is 17.4 Å². The van der Waals surface area contributed by atoms with Crippen LogP contribution in [0, 0.1) is 18.8 Å². The van der Waals surface area contributed by atoms with E-state index in [1.54, 1.807) is 0 Å².